The van der Waals surface area contributed by atoms with E-state index in [-0.39, 0.29) is 26.3 Å². The molecule has 0 N–H and O–H groups in total. The second kappa shape index (κ2) is 10.3. The molecule has 0 fully saturated rings. The van der Waals surface area contributed by atoms with Crippen LogP contribution in [0.1, 0.15) is 43.4 Å². The van der Waals surface area contributed by atoms with E-state index in [4.69, 9.17) is 9.73 Å². The second-order valence-electron chi connectivity index (χ2n) is 8.25. The van der Waals surface area contributed by atoms with Gasteiger partial charge in [-0.3, -0.25) is 0 Å². The van der Waals surface area contributed by atoms with Crippen LogP contribution >= 0.6 is 0 Å². The molecule has 0 atom stereocenters. The third-order valence-corrected chi connectivity index (χ3v) is 8.80. The third-order valence-electron chi connectivity index (χ3n) is 6.14. The molecule has 0 bridgehead atoms. The van der Waals surface area contributed by atoms with Crippen LogP contribution < -0.4 is 0 Å². The van der Waals surface area contributed by atoms with E-state index in [1.807, 2.05) is 24.3 Å². The van der Waals surface area contributed by atoms with Gasteiger partial charge < -0.3 is 0 Å². The summed E-state index contributed by atoms with van der Waals surface area (Å²) in [6, 6.07) is 25.5. The summed E-state index contributed by atoms with van der Waals surface area (Å²) in [7, 11) is 1.39. The van der Waals surface area contributed by atoms with Crippen LogP contribution in [0.5, 0.6) is 0 Å². The molecule has 0 amide bonds. The molecule has 3 aromatic rings. The summed E-state index contributed by atoms with van der Waals surface area (Å²) in [6.45, 7) is 4.57. The van der Waals surface area contributed by atoms with Gasteiger partial charge in [0.15, 0.2) is 0 Å². The molecule has 3 nitrogen and oxygen atoms in total. The number of aliphatic imine (C=N–C) groups is 1. The van der Waals surface area contributed by atoms with Gasteiger partial charge in [-0.25, -0.2) is 0 Å². The second-order valence-corrected chi connectivity index (χ2v) is 10.5. The van der Waals surface area contributed by atoms with Crippen molar-refractivity contribution in [3.63, 3.8) is 0 Å². The number of nitrogens with zero attached hydrogens (tertiary/aromatic N) is 1. The zero-order valence-corrected chi connectivity index (χ0v) is 21.1. The number of unbranched alkanes of at least 4 members (excludes halogenated alkanes) is 1. The van der Waals surface area contributed by atoms with Crippen molar-refractivity contribution in [3.8, 4) is 11.1 Å². The predicted molar refractivity (Wildman–Crippen MR) is 138 cm³/mol. The molecule has 4 heteroatoms. The van der Waals surface area contributed by atoms with Gasteiger partial charge >= 0.3 is 203 Å². The van der Waals surface area contributed by atoms with E-state index in [0.717, 1.165) is 16.6 Å². The van der Waals surface area contributed by atoms with Crippen molar-refractivity contribution < 1.29 is 9.53 Å². The van der Waals surface area contributed by atoms with Gasteiger partial charge in [0, 0.05) is 0 Å². The molecule has 0 heterocycles. The Kier molecular flexibility index (Phi) is 7.27. The van der Waals surface area contributed by atoms with Crippen LogP contribution in [-0.2, 0) is 14.9 Å². The Bertz CT molecular complexity index is 1170. The van der Waals surface area contributed by atoms with E-state index in [1.54, 1.807) is 6.08 Å². The fourth-order valence-corrected chi connectivity index (χ4v) is 7.07. The molecule has 3 aromatic carbocycles. The first kappa shape index (κ1) is 23.2. The van der Waals surface area contributed by atoms with E-state index in [9.17, 15) is 4.79 Å². The maximum atomic E-state index is 11.7. The maximum absolute atomic E-state index is 11.7. The minimum atomic E-state index is -0.369. The van der Waals surface area contributed by atoms with Gasteiger partial charge in [0.05, 0.1) is 0 Å². The van der Waals surface area contributed by atoms with Crippen molar-refractivity contribution in [1.82, 2.24) is 0 Å². The number of ether oxygens (including phenoxy) is 1. The summed E-state index contributed by atoms with van der Waals surface area (Å²) >= 11 is 0.231. The van der Waals surface area contributed by atoms with Gasteiger partial charge in [-0.15, -0.1) is 0 Å². The molecule has 0 unspecified atom stereocenters. The number of fused-ring (bicyclic) bond motifs is 3. The van der Waals surface area contributed by atoms with Crippen LogP contribution in [0.25, 0.3) is 17.2 Å². The summed E-state index contributed by atoms with van der Waals surface area (Å²) in [5, 5.41) is 1.16. The summed E-state index contributed by atoms with van der Waals surface area (Å²) < 4.78 is 6.00. The number of hydrogen-bond acceptors (Lipinski definition) is 3. The molecule has 0 saturated heterocycles. The van der Waals surface area contributed by atoms with Gasteiger partial charge in [0.1, 0.15) is 0 Å². The molecule has 1 aliphatic carbocycles. The van der Waals surface area contributed by atoms with Crippen LogP contribution in [0.2, 0.25) is 5.32 Å². The number of carbonyl (C=O) groups excluding carboxylic acids is 1. The number of para-hydroxylation sites is 1. The Morgan fingerprint density at radius 2 is 1.58 bits per heavy atom. The molecular formula is C29H29NO2Se. The van der Waals surface area contributed by atoms with E-state index in [2.05, 4.69) is 62.4 Å². The van der Waals surface area contributed by atoms with Crippen LogP contribution in [0, 0.1) is 0 Å². The molecule has 0 spiro atoms. The third kappa shape index (κ3) is 4.59. The number of esters is 1. The molecule has 33 heavy (non-hydrogen) atoms. The first-order valence-electron chi connectivity index (χ1n) is 11.4. The summed E-state index contributed by atoms with van der Waals surface area (Å²) in [4.78, 5) is 17.0. The van der Waals surface area contributed by atoms with Crippen molar-refractivity contribution in [2.45, 2.75) is 37.4 Å². The Morgan fingerprint density at radius 1 is 0.970 bits per heavy atom. The number of benzene rings is 3. The van der Waals surface area contributed by atoms with Crippen LogP contribution in [-0.4, -0.2) is 32.6 Å². The van der Waals surface area contributed by atoms with E-state index in [1.165, 1.54) is 52.9 Å². The summed E-state index contributed by atoms with van der Waals surface area (Å²) in [5.74, 6) is -0.369. The fourth-order valence-electron chi connectivity index (χ4n) is 4.35. The molecule has 168 valence electrons. The topological polar surface area (TPSA) is 38.7 Å². The summed E-state index contributed by atoms with van der Waals surface area (Å²) in [5.41, 5.74) is 6.77. The van der Waals surface area contributed by atoms with Crippen LogP contribution in [0.3, 0.4) is 0 Å². The fraction of sp³-hybridized carbons (Fsp3) is 0.241. The van der Waals surface area contributed by atoms with Gasteiger partial charge in [0.2, 0.25) is 0 Å². The van der Waals surface area contributed by atoms with E-state index < -0.39 is 0 Å². The molecule has 4 rings (SSSR count). The standard InChI is InChI=1S/C29H29NO2Se/c1-4-5-20-33-28(30-26-17-11-6-12-21(26)18-19-27(31)32-3)29(2)24-15-9-7-13-22(24)23-14-8-10-16-25(23)29/h6-19H,4-5,20H2,1-3H3/b19-18+,30-28?. The first-order valence-corrected chi connectivity index (χ1v) is 13.4. The normalized spacial score (nSPS) is 14.2. The van der Waals surface area contributed by atoms with Crippen molar-refractivity contribution in [1.29, 1.82) is 0 Å². The van der Waals surface area contributed by atoms with Gasteiger partial charge in [-0.2, -0.15) is 0 Å². The van der Waals surface area contributed by atoms with Gasteiger partial charge in [-0.05, 0) is 0 Å². The quantitative estimate of drug-likeness (QED) is 0.112. The number of rotatable bonds is 8. The minimum absolute atomic E-state index is 0.231. The van der Waals surface area contributed by atoms with E-state index in [0.29, 0.717) is 0 Å². The zero-order valence-electron chi connectivity index (χ0n) is 19.4. The number of methoxy groups -OCH3 is 1. The average Bonchev–Trinajstić information content (AvgIpc) is 3.12. The van der Waals surface area contributed by atoms with Crippen molar-refractivity contribution in [3.05, 3.63) is 95.6 Å². The zero-order chi connectivity index (χ0) is 23.3. The molecule has 0 aliphatic heterocycles. The first-order chi connectivity index (χ1) is 16.1. The number of carbonyl (C=O) groups is 1. The monoisotopic (exact) mass is 503 g/mol. The van der Waals surface area contributed by atoms with Crippen molar-refractivity contribution in [2.24, 2.45) is 4.99 Å². The Balaban J connectivity index is 1.87. The Morgan fingerprint density at radius 3 is 2.21 bits per heavy atom. The van der Waals surface area contributed by atoms with E-state index >= 15 is 0 Å². The van der Waals surface area contributed by atoms with Gasteiger partial charge in [0.25, 0.3) is 0 Å². The van der Waals surface area contributed by atoms with Crippen molar-refractivity contribution >= 4 is 37.3 Å². The van der Waals surface area contributed by atoms with Crippen molar-refractivity contribution in [2.75, 3.05) is 7.11 Å². The van der Waals surface area contributed by atoms with Crippen LogP contribution in [0.15, 0.2) is 83.9 Å². The predicted octanol–water partition coefficient (Wildman–Crippen LogP) is 6.81. The Hall–Kier alpha value is -2.94. The van der Waals surface area contributed by atoms with Gasteiger partial charge in [-0.1, -0.05) is 0 Å². The summed E-state index contributed by atoms with van der Waals surface area (Å²) in [6.07, 6.45) is 5.62. The number of hydrogen-bond donors (Lipinski definition) is 0. The Labute approximate surface area is 202 Å². The molecular weight excluding hydrogens is 473 g/mol. The molecule has 0 radical (unpaired) electrons. The van der Waals surface area contributed by atoms with Crippen LogP contribution in [0.4, 0.5) is 5.69 Å². The average molecular weight is 503 g/mol. The molecule has 0 saturated carbocycles. The molecule has 0 aromatic heterocycles. The molecule has 1 aliphatic rings. The SMILES string of the molecule is CCCC[Se]C(=Nc1ccccc1/C=C/C(=O)OC)C1(C)c2ccccc2-c2ccccc21.